The maximum absolute atomic E-state index is 12.6. The summed E-state index contributed by atoms with van der Waals surface area (Å²) in [5.41, 5.74) is 1.30. The first-order valence-corrected chi connectivity index (χ1v) is 8.99. The molecule has 0 spiro atoms. The lowest BCUT2D eigenvalue weighted by Crippen LogP contribution is -2.17. The van der Waals surface area contributed by atoms with Gasteiger partial charge in [0, 0.05) is 18.0 Å². The van der Waals surface area contributed by atoms with Gasteiger partial charge in [0.05, 0.1) is 24.2 Å². The smallest absolute Gasteiger partial charge is 0.434 e. The van der Waals surface area contributed by atoms with Crippen LogP contribution < -0.4 is 15.4 Å². The van der Waals surface area contributed by atoms with Gasteiger partial charge in [0.15, 0.2) is 0 Å². The molecule has 1 aromatic heterocycles. The Bertz CT molecular complexity index is 1040. The SMILES string of the molecule is CCOC(=O)Oc1ccc(C(=O)Nc2ccccc2NC(=O)c2cnccn2)cc1. The summed E-state index contributed by atoms with van der Waals surface area (Å²) in [4.78, 5) is 44.0. The summed E-state index contributed by atoms with van der Waals surface area (Å²) >= 11 is 0. The lowest BCUT2D eigenvalue weighted by atomic mass is 10.2. The van der Waals surface area contributed by atoms with E-state index in [1.807, 2.05) is 0 Å². The number of hydrogen-bond acceptors (Lipinski definition) is 7. The third kappa shape index (κ3) is 5.38. The van der Waals surface area contributed by atoms with E-state index in [0.717, 1.165) is 0 Å². The average Bonchev–Trinajstić information content (AvgIpc) is 2.76. The number of hydrogen-bond donors (Lipinski definition) is 2. The number of ether oxygens (including phenoxy) is 2. The summed E-state index contributed by atoms with van der Waals surface area (Å²) in [5, 5.41) is 5.44. The first kappa shape index (κ1) is 20.5. The lowest BCUT2D eigenvalue weighted by Gasteiger charge is -2.12. The highest BCUT2D eigenvalue weighted by molar-refractivity contribution is 6.09. The van der Waals surface area contributed by atoms with Gasteiger partial charge in [0.25, 0.3) is 11.8 Å². The third-order valence-electron chi connectivity index (χ3n) is 3.80. The van der Waals surface area contributed by atoms with Crippen LogP contribution in [0.2, 0.25) is 0 Å². The van der Waals surface area contributed by atoms with Gasteiger partial charge in [-0.15, -0.1) is 0 Å². The van der Waals surface area contributed by atoms with Gasteiger partial charge >= 0.3 is 6.16 Å². The van der Waals surface area contributed by atoms with Gasteiger partial charge in [-0.25, -0.2) is 9.78 Å². The van der Waals surface area contributed by atoms with Gasteiger partial charge in [0.2, 0.25) is 0 Å². The molecule has 0 radical (unpaired) electrons. The van der Waals surface area contributed by atoms with E-state index < -0.39 is 18.0 Å². The third-order valence-corrected chi connectivity index (χ3v) is 3.80. The molecule has 9 heteroatoms. The molecule has 3 aromatic rings. The summed E-state index contributed by atoms with van der Waals surface area (Å²) in [7, 11) is 0. The number of para-hydroxylation sites is 2. The normalized spacial score (nSPS) is 10.0. The van der Waals surface area contributed by atoms with E-state index in [1.165, 1.54) is 42.9 Å². The molecule has 2 aromatic carbocycles. The second kappa shape index (κ2) is 9.78. The Morgan fingerprint density at radius 3 is 2.17 bits per heavy atom. The zero-order chi connectivity index (χ0) is 21.3. The highest BCUT2D eigenvalue weighted by atomic mass is 16.7. The minimum absolute atomic E-state index is 0.149. The van der Waals surface area contributed by atoms with Crippen molar-refractivity contribution in [2.75, 3.05) is 17.2 Å². The largest absolute Gasteiger partial charge is 0.513 e. The first-order chi connectivity index (χ1) is 14.6. The Morgan fingerprint density at radius 1 is 0.900 bits per heavy atom. The van der Waals surface area contributed by atoms with Crippen LogP contribution in [0, 0.1) is 0 Å². The number of carbonyl (C=O) groups excluding carboxylic acids is 3. The number of anilines is 2. The second-order valence-electron chi connectivity index (χ2n) is 5.85. The minimum Gasteiger partial charge on any atom is -0.434 e. The maximum atomic E-state index is 12.6. The van der Waals surface area contributed by atoms with Gasteiger partial charge in [-0.1, -0.05) is 12.1 Å². The monoisotopic (exact) mass is 406 g/mol. The molecule has 2 amide bonds. The van der Waals surface area contributed by atoms with E-state index >= 15 is 0 Å². The van der Waals surface area contributed by atoms with E-state index in [9.17, 15) is 14.4 Å². The number of benzene rings is 2. The van der Waals surface area contributed by atoms with Gasteiger partial charge in [-0.2, -0.15) is 0 Å². The van der Waals surface area contributed by atoms with Crippen LogP contribution in [0.4, 0.5) is 16.2 Å². The highest BCUT2D eigenvalue weighted by Gasteiger charge is 2.13. The van der Waals surface area contributed by atoms with E-state index in [2.05, 4.69) is 20.6 Å². The van der Waals surface area contributed by atoms with Crippen molar-refractivity contribution in [3.05, 3.63) is 78.4 Å². The molecular formula is C21H18N4O5. The minimum atomic E-state index is -0.817. The predicted molar refractivity (Wildman–Crippen MR) is 108 cm³/mol. The number of aromatic nitrogens is 2. The Hall–Kier alpha value is -4.27. The number of rotatable bonds is 6. The van der Waals surface area contributed by atoms with E-state index in [-0.39, 0.29) is 18.1 Å². The molecule has 0 saturated heterocycles. The van der Waals surface area contributed by atoms with Crippen molar-refractivity contribution in [3.8, 4) is 5.75 Å². The zero-order valence-electron chi connectivity index (χ0n) is 16.0. The quantitative estimate of drug-likeness (QED) is 0.475. The molecule has 3 rings (SSSR count). The van der Waals surface area contributed by atoms with E-state index in [0.29, 0.717) is 16.9 Å². The van der Waals surface area contributed by atoms with Crippen molar-refractivity contribution in [2.24, 2.45) is 0 Å². The molecule has 0 aliphatic heterocycles. The van der Waals surface area contributed by atoms with Crippen LogP contribution in [0.5, 0.6) is 5.75 Å². The molecule has 0 aliphatic rings. The molecule has 152 valence electrons. The number of amides is 2. The number of nitrogens with one attached hydrogen (secondary N) is 2. The molecule has 1 heterocycles. The van der Waals surface area contributed by atoms with Crippen molar-refractivity contribution < 1.29 is 23.9 Å². The van der Waals surface area contributed by atoms with E-state index in [4.69, 9.17) is 9.47 Å². The fourth-order valence-electron chi connectivity index (χ4n) is 2.42. The summed E-state index contributed by atoms with van der Waals surface area (Å²) in [5.74, 6) is -0.606. The molecule has 0 saturated carbocycles. The van der Waals surface area contributed by atoms with Crippen molar-refractivity contribution in [1.82, 2.24) is 9.97 Å². The van der Waals surface area contributed by atoms with E-state index in [1.54, 1.807) is 31.2 Å². The Morgan fingerprint density at radius 2 is 1.57 bits per heavy atom. The molecule has 0 unspecified atom stereocenters. The van der Waals surface area contributed by atoms with Crippen LogP contribution in [-0.4, -0.2) is 34.5 Å². The van der Waals surface area contributed by atoms with Gasteiger partial charge in [0.1, 0.15) is 11.4 Å². The Balaban J connectivity index is 1.68. The summed E-state index contributed by atoms with van der Waals surface area (Å²) in [6.45, 7) is 1.87. The van der Waals surface area contributed by atoms with Crippen LogP contribution >= 0.6 is 0 Å². The van der Waals surface area contributed by atoms with Crippen LogP contribution in [-0.2, 0) is 4.74 Å². The Labute approximate surface area is 172 Å². The van der Waals surface area contributed by atoms with Crippen molar-refractivity contribution in [1.29, 1.82) is 0 Å². The van der Waals surface area contributed by atoms with Gasteiger partial charge in [-0.05, 0) is 43.3 Å². The fraction of sp³-hybridized carbons (Fsp3) is 0.0952. The molecular weight excluding hydrogens is 388 g/mol. The molecule has 30 heavy (non-hydrogen) atoms. The first-order valence-electron chi connectivity index (χ1n) is 8.99. The summed E-state index contributed by atoms with van der Waals surface area (Å²) in [6, 6.07) is 12.7. The molecule has 2 N–H and O–H groups in total. The lowest BCUT2D eigenvalue weighted by molar-refractivity contribution is 0.101. The predicted octanol–water partition coefficient (Wildman–Crippen LogP) is 3.52. The topological polar surface area (TPSA) is 120 Å². The number of carbonyl (C=O) groups is 3. The number of nitrogens with zero attached hydrogens (tertiary/aromatic N) is 2. The van der Waals surface area contributed by atoms with Crippen LogP contribution in [0.3, 0.4) is 0 Å². The molecule has 9 nitrogen and oxygen atoms in total. The molecule has 0 bridgehead atoms. The Kier molecular flexibility index (Phi) is 6.67. The zero-order valence-corrected chi connectivity index (χ0v) is 16.0. The van der Waals surface area contributed by atoms with Crippen molar-refractivity contribution >= 4 is 29.3 Å². The van der Waals surface area contributed by atoms with Crippen LogP contribution in [0.25, 0.3) is 0 Å². The highest BCUT2D eigenvalue weighted by Crippen LogP contribution is 2.23. The maximum Gasteiger partial charge on any atom is 0.513 e. The van der Waals surface area contributed by atoms with Crippen LogP contribution in [0.1, 0.15) is 27.8 Å². The van der Waals surface area contributed by atoms with Gasteiger partial charge < -0.3 is 20.1 Å². The standard InChI is InChI=1S/C21H18N4O5/c1-2-29-21(28)30-15-9-7-14(8-10-15)19(26)24-16-5-3-4-6-17(16)25-20(27)18-13-22-11-12-23-18/h3-13H,2H2,1H3,(H,24,26)(H,25,27). The van der Waals surface area contributed by atoms with Crippen molar-refractivity contribution in [2.45, 2.75) is 6.92 Å². The van der Waals surface area contributed by atoms with Crippen LogP contribution in [0.15, 0.2) is 67.1 Å². The summed E-state index contributed by atoms with van der Waals surface area (Å²) in [6.07, 6.45) is 3.41. The summed E-state index contributed by atoms with van der Waals surface area (Å²) < 4.78 is 9.66. The fourth-order valence-corrected chi connectivity index (χ4v) is 2.42. The molecule has 0 atom stereocenters. The average molecular weight is 406 g/mol. The van der Waals surface area contributed by atoms with Gasteiger partial charge in [-0.3, -0.25) is 14.6 Å². The van der Waals surface area contributed by atoms with Crippen molar-refractivity contribution in [3.63, 3.8) is 0 Å². The second-order valence-corrected chi connectivity index (χ2v) is 5.85. The molecule has 0 aliphatic carbocycles. The molecule has 0 fully saturated rings.